The Bertz CT molecular complexity index is 981. The summed E-state index contributed by atoms with van der Waals surface area (Å²) in [4.78, 5) is 26.3. The zero-order chi connectivity index (χ0) is 21.1. The van der Waals surface area contributed by atoms with Crippen molar-refractivity contribution in [2.45, 2.75) is 38.5 Å². The van der Waals surface area contributed by atoms with Crippen LogP contribution in [0.1, 0.15) is 42.5 Å². The van der Waals surface area contributed by atoms with E-state index >= 15 is 0 Å². The maximum atomic E-state index is 12.9. The molecule has 3 N–H and O–H groups in total. The molecule has 2 aromatic rings. The molecule has 1 aliphatic heterocycles. The van der Waals surface area contributed by atoms with Crippen LogP contribution in [0, 0.1) is 17.2 Å². The van der Waals surface area contributed by atoms with Crippen LogP contribution in [0.5, 0.6) is 0 Å². The number of rotatable bonds is 5. The van der Waals surface area contributed by atoms with E-state index in [-0.39, 0.29) is 24.3 Å². The van der Waals surface area contributed by atoms with Crippen molar-refractivity contribution in [2.24, 2.45) is 11.7 Å². The number of nitrogens with zero attached hydrogens (tertiary/aromatic N) is 3. The molecule has 7 heteroatoms. The van der Waals surface area contributed by atoms with Crippen LogP contribution >= 0.6 is 0 Å². The van der Waals surface area contributed by atoms with Gasteiger partial charge in [-0.3, -0.25) is 19.1 Å². The zero-order valence-corrected chi connectivity index (χ0v) is 17.1. The Hall–Kier alpha value is -3.11. The summed E-state index contributed by atoms with van der Waals surface area (Å²) in [6.07, 6.45) is 5.26. The van der Waals surface area contributed by atoms with Crippen molar-refractivity contribution >= 4 is 17.6 Å². The van der Waals surface area contributed by atoms with Crippen molar-refractivity contribution in [3.05, 3.63) is 47.2 Å². The minimum atomic E-state index is -0.260. The van der Waals surface area contributed by atoms with Crippen LogP contribution < -0.4 is 11.1 Å². The summed E-state index contributed by atoms with van der Waals surface area (Å²) in [6.45, 7) is 1.58. The van der Waals surface area contributed by atoms with Crippen LogP contribution in [0.15, 0.2) is 30.3 Å². The first-order chi connectivity index (χ1) is 14.6. The predicted molar refractivity (Wildman–Crippen MR) is 114 cm³/mol. The van der Waals surface area contributed by atoms with Gasteiger partial charge in [-0.05, 0) is 69.3 Å². The normalized spacial score (nSPS) is 17.2. The molecule has 0 atom stereocenters. The number of nitrogens with two attached hydrogens (primary N) is 1. The molecule has 2 aliphatic rings. The summed E-state index contributed by atoms with van der Waals surface area (Å²) in [5.74, 6) is 0.0734. The Morgan fingerprint density at radius 3 is 2.50 bits per heavy atom. The molecular weight excluding hydrogens is 378 g/mol. The van der Waals surface area contributed by atoms with Crippen LogP contribution in [0.2, 0.25) is 0 Å². The fraction of sp³-hybridized carbons (Fsp3) is 0.435. The summed E-state index contributed by atoms with van der Waals surface area (Å²) in [5, 5.41) is 12.9. The maximum absolute atomic E-state index is 12.9. The minimum Gasteiger partial charge on any atom is -0.369 e. The lowest BCUT2D eigenvalue weighted by atomic mass is 9.95. The maximum Gasteiger partial charge on any atom is 0.239 e. The van der Waals surface area contributed by atoms with Crippen molar-refractivity contribution in [3.63, 3.8) is 0 Å². The van der Waals surface area contributed by atoms with Gasteiger partial charge >= 0.3 is 0 Å². The van der Waals surface area contributed by atoms with Gasteiger partial charge in [0.05, 0.1) is 12.1 Å². The first-order valence-corrected chi connectivity index (χ1v) is 10.6. The number of benzene rings is 1. The van der Waals surface area contributed by atoms with E-state index in [0.29, 0.717) is 37.3 Å². The lowest BCUT2D eigenvalue weighted by molar-refractivity contribution is -0.123. The number of para-hydroxylation sites is 1. The highest BCUT2D eigenvalue weighted by Crippen LogP contribution is 2.35. The monoisotopic (exact) mass is 405 g/mol. The first kappa shape index (κ1) is 20.2. The van der Waals surface area contributed by atoms with Gasteiger partial charge in [-0.25, -0.2) is 0 Å². The van der Waals surface area contributed by atoms with E-state index in [4.69, 9.17) is 5.73 Å². The van der Waals surface area contributed by atoms with Gasteiger partial charge < -0.3 is 11.1 Å². The van der Waals surface area contributed by atoms with E-state index in [1.54, 1.807) is 0 Å². The largest absolute Gasteiger partial charge is 0.369 e. The van der Waals surface area contributed by atoms with Crippen LogP contribution in [-0.2, 0) is 22.4 Å². The molecular formula is C23H27N5O2. The number of carbonyl (C=O) groups is 2. The number of amides is 2. The van der Waals surface area contributed by atoms with Crippen LogP contribution in [0.4, 0.5) is 5.82 Å². The van der Waals surface area contributed by atoms with E-state index in [9.17, 15) is 14.9 Å². The fourth-order valence-electron chi connectivity index (χ4n) is 4.65. The number of nitriles is 1. The Morgan fingerprint density at radius 1 is 1.13 bits per heavy atom. The van der Waals surface area contributed by atoms with Gasteiger partial charge in [-0.1, -0.05) is 18.2 Å². The molecule has 2 amide bonds. The number of piperidine rings is 1. The topological polar surface area (TPSA) is 104 Å². The molecule has 1 aromatic carbocycles. The van der Waals surface area contributed by atoms with Crippen LogP contribution in [0.3, 0.4) is 0 Å². The molecule has 1 aliphatic carbocycles. The van der Waals surface area contributed by atoms with E-state index < -0.39 is 0 Å². The molecule has 4 rings (SSSR count). The zero-order valence-electron chi connectivity index (χ0n) is 17.1. The highest BCUT2D eigenvalue weighted by molar-refractivity contribution is 5.93. The molecule has 0 radical (unpaired) electrons. The molecule has 0 spiro atoms. The Balaban J connectivity index is 1.58. The van der Waals surface area contributed by atoms with Gasteiger partial charge in [0.15, 0.2) is 0 Å². The molecule has 1 fully saturated rings. The van der Waals surface area contributed by atoms with Gasteiger partial charge in [-0.15, -0.1) is 0 Å². The summed E-state index contributed by atoms with van der Waals surface area (Å²) in [7, 11) is 0. The summed E-state index contributed by atoms with van der Waals surface area (Å²) >= 11 is 0. The number of fused-ring (bicyclic) bond motifs is 1. The van der Waals surface area contributed by atoms with Crippen LogP contribution in [0.25, 0.3) is 5.69 Å². The Kier molecular flexibility index (Phi) is 5.86. The highest BCUT2D eigenvalue weighted by Gasteiger charge is 2.28. The molecule has 1 aromatic heterocycles. The number of hydrogen-bond acceptors (Lipinski definition) is 4. The number of anilines is 1. The van der Waals surface area contributed by atoms with Crippen molar-refractivity contribution in [2.75, 3.05) is 25.0 Å². The molecule has 0 unspecified atom stereocenters. The van der Waals surface area contributed by atoms with Gasteiger partial charge in [0.25, 0.3) is 0 Å². The van der Waals surface area contributed by atoms with Crippen molar-refractivity contribution in [3.8, 4) is 11.8 Å². The molecule has 30 heavy (non-hydrogen) atoms. The second-order valence-electron chi connectivity index (χ2n) is 8.14. The molecule has 7 nitrogen and oxygen atoms in total. The van der Waals surface area contributed by atoms with E-state index in [1.165, 1.54) is 0 Å². The summed E-state index contributed by atoms with van der Waals surface area (Å²) in [6, 6.07) is 12.2. The quantitative estimate of drug-likeness (QED) is 0.797. The average molecular weight is 406 g/mol. The van der Waals surface area contributed by atoms with E-state index in [0.717, 1.165) is 42.6 Å². The minimum absolute atomic E-state index is 0.100. The van der Waals surface area contributed by atoms with Gasteiger partial charge in [-0.2, -0.15) is 5.26 Å². The third-order valence-electron chi connectivity index (χ3n) is 6.21. The smallest absolute Gasteiger partial charge is 0.239 e. The predicted octanol–water partition coefficient (Wildman–Crippen LogP) is 2.36. The van der Waals surface area contributed by atoms with Crippen molar-refractivity contribution in [1.82, 2.24) is 9.47 Å². The third-order valence-corrected chi connectivity index (χ3v) is 6.21. The van der Waals surface area contributed by atoms with Gasteiger partial charge in [0.2, 0.25) is 11.8 Å². The lowest BCUT2D eigenvalue weighted by Gasteiger charge is -2.29. The van der Waals surface area contributed by atoms with Crippen molar-refractivity contribution < 1.29 is 9.59 Å². The van der Waals surface area contributed by atoms with Gasteiger partial charge in [0, 0.05) is 17.3 Å². The number of likely N-dealkylation sites (tertiary alicyclic amines) is 1. The Morgan fingerprint density at radius 2 is 1.83 bits per heavy atom. The molecule has 2 heterocycles. The van der Waals surface area contributed by atoms with Crippen LogP contribution in [-0.4, -0.2) is 40.9 Å². The second-order valence-corrected chi connectivity index (χ2v) is 8.14. The number of carbonyl (C=O) groups excluding carboxylic acids is 2. The number of primary amides is 1. The first-order valence-electron chi connectivity index (χ1n) is 10.6. The molecule has 0 saturated carbocycles. The molecule has 0 bridgehead atoms. The fourth-order valence-corrected chi connectivity index (χ4v) is 4.65. The molecule has 1 saturated heterocycles. The number of aromatic nitrogens is 1. The lowest BCUT2D eigenvalue weighted by Crippen LogP contribution is -2.42. The Labute approximate surface area is 176 Å². The standard InChI is InChI=1S/C23H27N5O2/c24-14-19-18-8-4-5-9-20(18)28(17-6-2-1-3-7-17)23(19)26-21(29)15-27-12-10-16(11-13-27)22(25)30/h1-3,6-7,16H,4-5,8-13,15H2,(H2,25,30)(H,26,29). The second kappa shape index (κ2) is 8.72. The van der Waals surface area contributed by atoms with Gasteiger partial charge in [0.1, 0.15) is 11.9 Å². The van der Waals surface area contributed by atoms with E-state index in [1.807, 2.05) is 39.8 Å². The summed E-state index contributed by atoms with van der Waals surface area (Å²) in [5.41, 5.74) is 9.12. The summed E-state index contributed by atoms with van der Waals surface area (Å²) < 4.78 is 2.05. The number of nitrogens with one attached hydrogen (secondary N) is 1. The number of hydrogen-bond donors (Lipinski definition) is 2. The molecule has 156 valence electrons. The van der Waals surface area contributed by atoms with E-state index in [2.05, 4.69) is 11.4 Å². The SMILES string of the molecule is N#Cc1c2c(n(-c3ccccc3)c1NC(=O)CN1CCC(C(N)=O)CC1)CCCC2. The highest BCUT2D eigenvalue weighted by atomic mass is 16.2. The average Bonchev–Trinajstić information content (AvgIpc) is 3.07. The van der Waals surface area contributed by atoms with Crippen molar-refractivity contribution in [1.29, 1.82) is 5.26 Å². The third kappa shape index (κ3) is 3.96.